The maximum atomic E-state index is 6.17. The van der Waals surface area contributed by atoms with Crippen LogP contribution in [0.15, 0.2) is 35.0 Å². The molecule has 0 amide bonds. The van der Waals surface area contributed by atoms with E-state index in [9.17, 15) is 0 Å². The molecule has 1 aromatic heterocycles. The Balaban J connectivity index is 1.87. The van der Waals surface area contributed by atoms with Gasteiger partial charge in [-0.05, 0) is 47.4 Å². The fourth-order valence-corrected chi connectivity index (χ4v) is 2.96. The van der Waals surface area contributed by atoms with Crippen LogP contribution in [0.3, 0.4) is 0 Å². The molecule has 0 unspecified atom stereocenters. The fourth-order valence-electron chi connectivity index (χ4n) is 2.30. The van der Waals surface area contributed by atoms with Crippen molar-refractivity contribution >= 4 is 22.7 Å². The molecule has 2 aromatic rings. The Bertz CT molecular complexity index is 549. The first-order valence-corrected chi connectivity index (χ1v) is 7.43. The third kappa shape index (κ3) is 2.68. The van der Waals surface area contributed by atoms with E-state index in [1.807, 2.05) is 12.1 Å². The number of nitrogen functional groups attached to an aromatic ring is 1. The molecular formula is C15H18N2OS. The smallest absolute Gasteiger partial charge is 0.121 e. The number of nitrogens with two attached hydrogens (primary N) is 1. The molecule has 4 heteroatoms. The van der Waals surface area contributed by atoms with Crippen molar-refractivity contribution in [3.63, 3.8) is 0 Å². The Morgan fingerprint density at radius 2 is 2.21 bits per heavy atom. The topological polar surface area (TPSA) is 38.5 Å². The van der Waals surface area contributed by atoms with E-state index in [0.717, 1.165) is 23.7 Å². The summed E-state index contributed by atoms with van der Waals surface area (Å²) in [6, 6.07) is 8.77. The molecule has 1 aliphatic carbocycles. The van der Waals surface area contributed by atoms with Crippen LogP contribution in [0.25, 0.3) is 0 Å². The molecule has 0 spiro atoms. The number of ether oxygens (including phenoxy) is 1. The lowest BCUT2D eigenvalue weighted by atomic mass is 10.2. The molecule has 1 heterocycles. The summed E-state index contributed by atoms with van der Waals surface area (Å²) in [5, 5.41) is 4.33. The van der Waals surface area contributed by atoms with Gasteiger partial charge in [0, 0.05) is 18.7 Å². The SMILES string of the molecule is COc1ccc(N(Cc2ccsc2)C2CC2)c(N)c1. The summed E-state index contributed by atoms with van der Waals surface area (Å²) in [4.78, 5) is 2.41. The first-order chi connectivity index (χ1) is 9.28. The Morgan fingerprint density at radius 3 is 2.79 bits per heavy atom. The van der Waals surface area contributed by atoms with E-state index in [-0.39, 0.29) is 0 Å². The summed E-state index contributed by atoms with van der Waals surface area (Å²) >= 11 is 1.74. The van der Waals surface area contributed by atoms with Gasteiger partial charge in [-0.1, -0.05) is 0 Å². The zero-order valence-electron chi connectivity index (χ0n) is 11.0. The molecule has 1 saturated carbocycles. The molecule has 1 aliphatic rings. The Hall–Kier alpha value is -1.68. The van der Waals surface area contributed by atoms with E-state index < -0.39 is 0 Å². The highest BCUT2D eigenvalue weighted by molar-refractivity contribution is 7.07. The van der Waals surface area contributed by atoms with E-state index in [0.29, 0.717) is 6.04 Å². The lowest BCUT2D eigenvalue weighted by Gasteiger charge is -2.26. The van der Waals surface area contributed by atoms with E-state index >= 15 is 0 Å². The highest BCUT2D eigenvalue weighted by Gasteiger charge is 2.30. The van der Waals surface area contributed by atoms with Crippen LogP contribution >= 0.6 is 11.3 Å². The average Bonchev–Trinajstić information content (AvgIpc) is 3.14. The molecule has 1 fully saturated rings. The monoisotopic (exact) mass is 274 g/mol. The number of nitrogens with zero attached hydrogens (tertiary/aromatic N) is 1. The number of benzene rings is 1. The molecule has 0 bridgehead atoms. The minimum absolute atomic E-state index is 0.635. The molecule has 0 atom stereocenters. The van der Waals surface area contributed by atoms with Crippen LogP contribution in [0.4, 0.5) is 11.4 Å². The molecule has 2 N–H and O–H groups in total. The molecule has 3 rings (SSSR count). The van der Waals surface area contributed by atoms with Crippen molar-refractivity contribution in [3.05, 3.63) is 40.6 Å². The van der Waals surface area contributed by atoms with Crippen LogP contribution in [0, 0.1) is 0 Å². The molecule has 1 aromatic carbocycles. The highest BCUT2D eigenvalue weighted by Crippen LogP contribution is 2.37. The van der Waals surface area contributed by atoms with Crippen LogP contribution in [0.1, 0.15) is 18.4 Å². The number of hydrogen-bond acceptors (Lipinski definition) is 4. The van der Waals surface area contributed by atoms with Gasteiger partial charge in [-0.25, -0.2) is 0 Å². The van der Waals surface area contributed by atoms with Gasteiger partial charge < -0.3 is 15.4 Å². The van der Waals surface area contributed by atoms with E-state index in [4.69, 9.17) is 10.5 Å². The first-order valence-electron chi connectivity index (χ1n) is 6.49. The largest absolute Gasteiger partial charge is 0.497 e. The third-order valence-corrected chi connectivity index (χ3v) is 4.20. The van der Waals surface area contributed by atoms with Gasteiger partial charge in [0.15, 0.2) is 0 Å². The first kappa shape index (κ1) is 12.4. The second-order valence-electron chi connectivity index (χ2n) is 4.92. The standard InChI is InChI=1S/C15H18N2OS/c1-18-13-4-5-15(14(16)8-13)17(12-2-3-12)9-11-6-7-19-10-11/h4-8,10,12H,2-3,9,16H2,1H3. The molecule has 0 saturated heterocycles. The lowest BCUT2D eigenvalue weighted by molar-refractivity contribution is 0.415. The highest BCUT2D eigenvalue weighted by atomic mass is 32.1. The van der Waals surface area contributed by atoms with E-state index in [1.165, 1.54) is 18.4 Å². The predicted octanol–water partition coefficient (Wildman–Crippen LogP) is 3.51. The quantitative estimate of drug-likeness (QED) is 0.848. The molecule has 19 heavy (non-hydrogen) atoms. The maximum Gasteiger partial charge on any atom is 0.121 e. The van der Waals surface area contributed by atoms with Crippen LogP contribution in [0.2, 0.25) is 0 Å². The molecule has 100 valence electrons. The van der Waals surface area contributed by atoms with Crippen LogP contribution in [0.5, 0.6) is 5.75 Å². The van der Waals surface area contributed by atoms with Gasteiger partial charge in [-0.3, -0.25) is 0 Å². The third-order valence-electron chi connectivity index (χ3n) is 3.46. The van der Waals surface area contributed by atoms with Gasteiger partial charge >= 0.3 is 0 Å². The van der Waals surface area contributed by atoms with E-state index in [1.54, 1.807) is 18.4 Å². The summed E-state index contributed by atoms with van der Waals surface area (Å²) in [5.74, 6) is 0.813. The van der Waals surface area contributed by atoms with Crippen LogP contribution in [-0.2, 0) is 6.54 Å². The van der Waals surface area contributed by atoms with Crippen molar-refractivity contribution in [3.8, 4) is 5.75 Å². The minimum atomic E-state index is 0.635. The normalized spacial score (nSPS) is 14.4. The second-order valence-corrected chi connectivity index (χ2v) is 5.70. The van der Waals surface area contributed by atoms with Crippen molar-refractivity contribution in [2.45, 2.75) is 25.4 Å². The number of rotatable bonds is 5. The van der Waals surface area contributed by atoms with E-state index in [2.05, 4.69) is 27.8 Å². The Labute approximate surface area is 117 Å². The van der Waals surface area contributed by atoms with Gasteiger partial charge in [-0.2, -0.15) is 11.3 Å². The number of methoxy groups -OCH3 is 1. The predicted molar refractivity (Wildman–Crippen MR) is 80.9 cm³/mol. The Morgan fingerprint density at radius 1 is 1.37 bits per heavy atom. The lowest BCUT2D eigenvalue weighted by Crippen LogP contribution is -2.25. The summed E-state index contributed by atoms with van der Waals surface area (Å²) in [7, 11) is 1.67. The molecule has 0 aliphatic heterocycles. The maximum absolute atomic E-state index is 6.17. The van der Waals surface area contributed by atoms with Crippen LogP contribution in [-0.4, -0.2) is 13.2 Å². The van der Waals surface area contributed by atoms with Crippen molar-refractivity contribution in [2.75, 3.05) is 17.7 Å². The Kier molecular flexibility index (Phi) is 3.34. The fraction of sp³-hybridized carbons (Fsp3) is 0.333. The molecular weight excluding hydrogens is 256 g/mol. The molecule has 3 nitrogen and oxygen atoms in total. The molecule has 0 radical (unpaired) electrons. The van der Waals surface area contributed by atoms with Crippen molar-refractivity contribution < 1.29 is 4.74 Å². The average molecular weight is 274 g/mol. The van der Waals surface area contributed by atoms with Gasteiger partial charge in [-0.15, -0.1) is 0 Å². The van der Waals surface area contributed by atoms with Gasteiger partial charge in [0.05, 0.1) is 18.5 Å². The van der Waals surface area contributed by atoms with Crippen LogP contribution < -0.4 is 15.4 Å². The number of hydrogen-bond donors (Lipinski definition) is 1. The van der Waals surface area contributed by atoms with Crippen molar-refractivity contribution in [2.24, 2.45) is 0 Å². The minimum Gasteiger partial charge on any atom is -0.497 e. The summed E-state index contributed by atoms with van der Waals surface area (Å²) < 4.78 is 5.21. The van der Waals surface area contributed by atoms with Crippen molar-refractivity contribution in [1.82, 2.24) is 0 Å². The van der Waals surface area contributed by atoms with Gasteiger partial charge in [0.2, 0.25) is 0 Å². The second kappa shape index (κ2) is 5.13. The van der Waals surface area contributed by atoms with Crippen molar-refractivity contribution in [1.29, 1.82) is 0 Å². The van der Waals surface area contributed by atoms with Gasteiger partial charge in [0.1, 0.15) is 5.75 Å². The van der Waals surface area contributed by atoms with Gasteiger partial charge in [0.25, 0.3) is 0 Å². The number of thiophene rings is 1. The number of anilines is 2. The summed E-state index contributed by atoms with van der Waals surface area (Å²) in [5.41, 5.74) is 9.44. The summed E-state index contributed by atoms with van der Waals surface area (Å²) in [6.45, 7) is 0.935. The zero-order chi connectivity index (χ0) is 13.2. The summed E-state index contributed by atoms with van der Waals surface area (Å²) in [6.07, 6.45) is 2.52. The zero-order valence-corrected chi connectivity index (χ0v) is 11.8.